The summed E-state index contributed by atoms with van der Waals surface area (Å²) in [6.07, 6.45) is 0.357. The fraction of sp³-hybridized carbons (Fsp3) is 0.150. The summed E-state index contributed by atoms with van der Waals surface area (Å²) in [4.78, 5) is 48.2. The Hall–Kier alpha value is -3.81. The van der Waals surface area contributed by atoms with E-state index >= 15 is 0 Å². The van der Waals surface area contributed by atoms with Crippen molar-refractivity contribution in [2.75, 3.05) is 5.32 Å². The van der Waals surface area contributed by atoms with Gasteiger partial charge >= 0.3 is 5.69 Å². The number of carbonyl (C=O) groups is 1. The van der Waals surface area contributed by atoms with Crippen LogP contribution in [0.15, 0.2) is 58.1 Å². The summed E-state index contributed by atoms with van der Waals surface area (Å²) < 4.78 is 1.11. The molecule has 0 aliphatic heterocycles. The molecule has 8 heteroatoms. The van der Waals surface area contributed by atoms with Gasteiger partial charge in [-0.1, -0.05) is 37.3 Å². The number of aromatic nitrogens is 4. The number of nitrogens with one attached hydrogen (secondary N) is 2. The van der Waals surface area contributed by atoms with Gasteiger partial charge in [-0.25, -0.2) is 14.8 Å². The summed E-state index contributed by atoms with van der Waals surface area (Å²) in [5.41, 5.74) is 1.53. The topological polar surface area (TPSA) is 110 Å². The van der Waals surface area contributed by atoms with Crippen LogP contribution in [0.25, 0.3) is 22.2 Å². The molecule has 1 amide bonds. The number of anilines is 1. The van der Waals surface area contributed by atoms with Gasteiger partial charge in [-0.15, -0.1) is 0 Å². The Morgan fingerprint density at radius 3 is 2.61 bits per heavy atom. The van der Waals surface area contributed by atoms with E-state index in [4.69, 9.17) is 0 Å². The summed E-state index contributed by atoms with van der Waals surface area (Å²) >= 11 is 0. The number of fused-ring (bicyclic) bond motifs is 2. The number of hydrogen-bond donors (Lipinski definition) is 2. The van der Waals surface area contributed by atoms with Crippen molar-refractivity contribution in [3.63, 3.8) is 0 Å². The molecule has 28 heavy (non-hydrogen) atoms. The van der Waals surface area contributed by atoms with Crippen LogP contribution in [0.1, 0.15) is 18.9 Å². The minimum atomic E-state index is -0.551. The van der Waals surface area contributed by atoms with E-state index in [0.29, 0.717) is 23.1 Å². The lowest BCUT2D eigenvalue weighted by molar-refractivity contribution is -0.115. The number of H-pyrrole nitrogens is 1. The van der Waals surface area contributed by atoms with Gasteiger partial charge in [0.1, 0.15) is 0 Å². The predicted molar refractivity (Wildman–Crippen MR) is 106 cm³/mol. The van der Waals surface area contributed by atoms with Crippen molar-refractivity contribution >= 4 is 33.8 Å². The highest BCUT2D eigenvalue weighted by Gasteiger charge is 2.12. The molecule has 2 heterocycles. The highest BCUT2D eigenvalue weighted by atomic mass is 16.2. The van der Waals surface area contributed by atoms with E-state index < -0.39 is 11.2 Å². The second-order valence-electron chi connectivity index (χ2n) is 6.33. The molecule has 0 unspecified atom stereocenters. The van der Waals surface area contributed by atoms with Gasteiger partial charge in [0, 0.05) is 12.1 Å². The molecule has 2 N–H and O–H groups in total. The first-order valence-electron chi connectivity index (χ1n) is 8.83. The van der Waals surface area contributed by atoms with Crippen molar-refractivity contribution in [3.05, 3.63) is 74.9 Å². The normalized spacial score (nSPS) is 11.0. The highest BCUT2D eigenvalue weighted by Crippen LogP contribution is 2.17. The molecule has 0 fully saturated rings. The van der Waals surface area contributed by atoms with Crippen molar-refractivity contribution in [1.29, 1.82) is 0 Å². The maximum Gasteiger partial charge on any atom is 0.330 e. The monoisotopic (exact) mass is 375 g/mol. The summed E-state index contributed by atoms with van der Waals surface area (Å²) in [5, 5.41) is 2.75. The Kier molecular flexibility index (Phi) is 4.44. The van der Waals surface area contributed by atoms with E-state index in [1.807, 2.05) is 30.3 Å². The quantitative estimate of drug-likeness (QED) is 0.531. The van der Waals surface area contributed by atoms with Crippen LogP contribution in [0.4, 0.5) is 5.69 Å². The fourth-order valence-corrected chi connectivity index (χ4v) is 2.92. The maximum atomic E-state index is 12.8. The fourth-order valence-electron chi connectivity index (χ4n) is 2.92. The minimum absolute atomic E-state index is 0.0911. The molecule has 2 aromatic carbocycles. The van der Waals surface area contributed by atoms with Crippen molar-refractivity contribution in [2.24, 2.45) is 0 Å². The van der Waals surface area contributed by atoms with E-state index in [0.717, 1.165) is 10.1 Å². The summed E-state index contributed by atoms with van der Waals surface area (Å²) in [6, 6.07) is 14.3. The molecule has 4 rings (SSSR count). The molecule has 0 atom stereocenters. The first kappa shape index (κ1) is 17.6. The van der Waals surface area contributed by atoms with Gasteiger partial charge in [0.15, 0.2) is 11.2 Å². The van der Waals surface area contributed by atoms with E-state index in [2.05, 4.69) is 20.3 Å². The summed E-state index contributed by atoms with van der Waals surface area (Å²) in [5.74, 6) is -0.120. The molecule has 0 saturated carbocycles. The van der Waals surface area contributed by atoms with Crippen molar-refractivity contribution in [3.8, 4) is 0 Å². The van der Waals surface area contributed by atoms with E-state index in [-0.39, 0.29) is 23.6 Å². The van der Waals surface area contributed by atoms with Gasteiger partial charge in [0.2, 0.25) is 5.91 Å². The molecule has 0 bridgehead atoms. The Balaban J connectivity index is 1.83. The molecule has 2 aromatic heterocycles. The van der Waals surface area contributed by atoms with Crippen LogP contribution in [0.3, 0.4) is 0 Å². The number of aromatic amines is 1. The standard InChI is InChI=1S/C20H17N5O3/c1-2-16(26)21-13-8-9-14-15(10-13)23-18-17(22-14)19(27)25(20(28)24-18)11-12-6-4-3-5-7-12/h3-10H,2,11H2,1H3,(H,21,26)(H,23,24,28). The van der Waals surface area contributed by atoms with Crippen molar-refractivity contribution in [2.45, 2.75) is 19.9 Å². The molecule has 0 aliphatic carbocycles. The Morgan fingerprint density at radius 2 is 1.86 bits per heavy atom. The van der Waals surface area contributed by atoms with Crippen LogP contribution in [-0.2, 0) is 11.3 Å². The molecule has 0 aliphatic rings. The average Bonchev–Trinajstić information content (AvgIpc) is 2.70. The third-order valence-corrected chi connectivity index (χ3v) is 4.37. The summed E-state index contributed by atoms with van der Waals surface area (Å²) in [7, 11) is 0. The molecule has 8 nitrogen and oxygen atoms in total. The third kappa shape index (κ3) is 3.27. The Labute approximate surface area is 158 Å². The second-order valence-corrected chi connectivity index (χ2v) is 6.33. The number of amides is 1. The molecule has 0 radical (unpaired) electrons. The number of rotatable bonds is 4. The van der Waals surface area contributed by atoms with Crippen LogP contribution in [-0.4, -0.2) is 25.4 Å². The first-order valence-corrected chi connectivity index (χ1v) is 8.83. The van der Waals surface area contributed by atoms with Crippen LogP contribution < -0.4 is 16.6 Å². The molecule has 0 spiro atoms. The van der Waals surface area contributed by atoms with Crippen molar-refractivity contribution < 1.29 is 4.79 Å². The predicted octanol–water partition coefficient (Wildman–Crippen LogP) is 2.03. The zero-order chi connectivity index (χ0) is 19.7. The Morgan fingerprint density at radius 1 is 1.07 bits per heavy atom. The van der Waals surface area contributed by atoms with Crippen LogP contribution in [0.5, 0.6) is 0 Å². The number of hydrogen-bond acceptors (Lipinski definition) is 5. The SMILES string of the molecule is CCC(=O)Nc1ccc2nc3c(=O)n(Cc4ccccc4)c(=O)[nH]c3nc2c1. The van der Waals surface area contributed by atoms with Gasteiger partial charge < -0.3 is 5.32 Å². The summed E-state index contributed by atoms with van der Waals surface area (Å²) in [6.45, 7) is 1.90. The molecule has 140 valence electrons. The molecular formula is C20H17N5O3. The zero-order valence-corrected chi connectivity index (χ0v) is 15.1. The van der Waals surface area contributed by atoms with Gasteiger partial charge in [0.05, 0.1) is 17.6 Å². The number of benzene rings is 2. The maximum absolute atomic E-state index is 12.8. The number of nitrogens with zero attached hydrogens (tertiary/aromatic N) is 3. The average molecular weight is 375 g/mol. The van der Waals surface area contributed by atoms with Crippen molar-refractivity contribution in [1.82, 2.24) is 19.5 Å². The molecule has 0 saturated heterocycles. The largest absolute Gasteiger partial charge is 0.330 e. The second kappa shape index (κ2) is 7.07. The lowest BCUT2D eigenvalue weighted by Gasteiger charge is -2.08. The highest BCUT2D eigenvalue weighted by molar-refractivity contribution is 5.93. The molecular weight excluding hydrogens is 358 g/mol. The first-order chi connectivity index (χ1) is 13.5. The third-order valence-electron chi connectivity index (χ3n) is 4.37. The van der Waals surface area contributed by atoms with E-state index in [1.165, 1.54) is 0 Å². The van der Waals surface area contributed by atoms with Gasteiger partial charge in [0.25, 0.3) is 5.56 Å². The van der Waals surface area contributed by atoms with E-state index in [1.54, 1.807) is 25.1 Å². The number of carbonyl (C=O) groups excluding carboxylic acids is 1. The van der Waals surface area contributed by atoms with Crippen LogP contribution in [0.2, 0.25) is 0 Å². The minimum Gasteiger partial charge on any atom is -0.326 e. The van der Waals surface area contributed by atoms with Crippen LogP contribution in [0, 0.1) is 0 Å². The molecule has 4 aromatic rings. The van der Waals surface area contributed by atoms with Gasteiger partial charge in [-0.2, -0.15) is 0 Å². The van der Waals surface area contributed by atoms with Gasteiger partial charge in [-0.3, -0.25) is 19.1 Å². The lowest BCUT2D eigenvalue weighted by atomic mass is 10.2. The lowest BCUT2D eigenvalue weighted by Crippen LogP contribution is -2.36. The Bertz CT molecular complexity index is 1310. The smallest absolute Gasteiger partial charge is 0.326 e. The van der Waals surface area contributed by atoms with Gasteiger partial charge in [-0.05, 0) is 23.8 Å². The zero-order valence-electron chi connectivity index (χ0n) is 15.1. The van der Waals surface area contributed by atoms with Crippen LogP contribution >= 0.6 is 0 Å². The van der Waals surface area contributed by atoms with E-state index in [9.17, 15) is 14.4 Å².